The largest absolute Gasteiger partial charge is 0.469 e. The van der Waals surface area contributed by atoms with Gasteiger partial charge in [0.15, 0.2) is 0 Å². The molecule has 0 spiro atoms. The molecule has 1 fully saturated rings. The first kappa shape index (κ1) is 22.1. The molecule has 1 heterocycles. The van der Waals surface area contributed by atoms with Gasteiger partial charge in [0.1, 0.15) is 11.7 Å². The molecule has 0 saturated carbocycles. The minimum atomic E-state index is -0.452. The van der Waals surface area contributed by atoms with Crippen molar-refractivity contribution in [3.8, 4) is 0 Å². The molecule has 0 aromatic rings. The van der Waals surface area contributed by atoms with Gasteiger partial charge in [-0.2, -0.15) is 0 Å². The Morgan fingerprint density at radius 2 is 2.08 bits per heavy atom. The number of hydrogen-bond acceptors (Lipinski definition) is 5. The van der Waals surface area contributed by atoms with Crippen molar-refractivity contribution in [2.45, 2.75) is 84.3 Å². The Morgan fingerprint density at radius 1 is 1.36 bits per heavy atom. The van der Waals surface area contributed by atoms with Gasteiger partial charge in [0.05, 0.1) is 13.5 Å². The van der Waals surface area contributed by atoms with Crippen LogP contribution in [0.4, 0.5) is 0 Å². The number of aliphatic hydroxyl groups excluding tert-OH is 1. The molecule has 1 N–H and O–H groups in total. The third-order valence-electron chi connectivity index (χ3n) is 5.50. The van der Waals surface area contributed by atoms with Crippen LogP contribution in [0.1, 0.15) is 72.6 Å². The molecule has 0 amide bonds. The molecule has 5 nitrogen and oxygen atoms in total. The summed E-state index contributed by atoms with van der Waals surface area (Å²) in [6.45, 7) is 8.68. The van der Waals surface area contributed by atoms with Crippen LogP contribution in [-0.2, 0) is 19.3 Å². The molecule has 4 atom stereocenters. The molecule has 1 aliphatic heterocycles. The van der Waals surface area contributed by atoms with E-state index < -0.39 is 5.60 Å². The van der Waals surface area contributed by atoms with Crippen LogP contribution in [0.25, 0.3) is 0 Å². The Balaban J connectivity index is 2.91. The number of hydrogen-bond donors (Lipinski definition) is 1. The lowest BCUT2D eigenvalue weighted by Crippen LogP contribution is -2.44. The highest BCUT2D eigenvalue weighted by Crippen LogP contribution is 2.39. The lowest BCUT2D eigenvalue weighted by atomic mass is 9.80. The number of aliphatic hydroxyl groups is 1. The number of carbonyl (C=O) groups excluding carboxylic acids is 1. The van der Waals surface area contributed by atoms with Crippen molar-refractivity contribution in [2.24, 2.45) is 11.8 Å². The zero-order valence-electron chi connectivity index (χ0n) is 16.5. The maximum absolute atomic E-state index is 11.6. The van der Waals surface area contributed by atoms with Crippen LogP contribution in [0.3, 0.4) is 0 Å². The number of methoxy groups -OCH3 is 1. The minimum Gasteiger partial charge on any atom is -0.469 e. The van der Waals surface area contributed by atoms with Gasteiger partial charge in [0.25, 0.3) is 0 Å². The van der Waals surface area contributed by atoms with E-state index in [-0.39, 0.29) is 31.0 Å². The Labute approximate surface area is 152 Å². The number of carbonyl (C=O) groups is 1. The summed E-state index contributed by atoms with van der Waals surface area (Å²) >= 11 is 0. The van der Waals surface area contributed by atoms with Crippen molar-refractivity contribution < 1.29 is 24.4 Å². The summed E-state index contributed by atoms with van der Waals surface area (Å²) in [7, 11) is 1.39. The van der Waals surface area contributed by atoms with E-state index in [1.165, 1.54) is 12.7 Å². The molecule has 1 aliphatic rings. The summed E-state index contributed by atoms with van der Waals surface area (Å²) in [5.74, 6) is 0.273. The van der Waals surface area contributed by atoms with E-state index in [9.17, 15) is 9.90 Å². The first-order chi connectivity index (χ1) is 12.0. The normalized spacial score (nSPS) is 28.6. The zero-order chi connectivity index (χ0) is 18.9. The Morgan fingerprint density at radius 3 is 2.56 bits per heavy atom. The van der Waals surface area contributed by atoms with Crippen LogP contribution in [0, 0.1) is 11.8 Å². The summed E-state index contributed by atoms with van der Waals surface area (Å²) in [5, 5.41) is 9.49. The van der Waals surface area contributed by atoms with Crippen LogP contribution in [0.5, 0.6) is 0 Å². The fraction of sp³-hybridized carbons (Fsp3) is 0.850. The van der Waals surface area contributed by atoms with Gasteiger partial charge in [-0.05, 0) is 37.5 Å². The monoisotopic (exact) mass is 356 g/mol. The van der Waals surface area contributed by atoms with Crippen LogP contribution < -0.4 is 0 Å². The number of ether oxygens (including phenoxy) is 1. The molecule has 1 rings (SSSR count). The molecule has 0 unspecified atom stereocenters. The summed E-state index contributed by atoms with van der Waals surface area (Å²) in [6, 6.07) is 0. The van der Waals surface area contributed by atoms with Gasteiger partial charge in [0, 0.05) is 6.61 Å². The molecule has 146 valence electrons. The second kappa shape index (κ2) is 10.9. The van der Waals surface area contributed by atoms with Crippen LogP contribution in [0.2, 0.25) is 0 Å². The van der Waals surface area contributed by atoms with Crippen LogP contribution >= 0.6 is 0 Å². The van der Waals surface area contributed by atoms with Gasteiger partial charge in [-0.1, -0.05) is 52.2 Å². The number of rotatable bonds is 10. The van der Waals surface area contributed by atoms with Crippen molar-refractivity contribution in [3.05, 3.63) is 11.6 Å². The summed E-state index contributed by atoms with van der Waals surface area (Å²) in [5.41, 5.74) is 0.847. The minimum absolute atomic E-state index is 0.211. The summed E-state index contributed by atoms with van der Waals surface area (Å²) < 4.78 is 4.76. The van der Waals surface area contributed by atoms with E-state index >= 15 is 0 Å². The lowest BCUT2D eigenvalue weighted by molar-refractivity contribution is -0.409. The van der Waals surface area contributed by atoms with Crippen molar-refractivity contribution in [1.29, 1.82) is 0 Å². The molecule has 1 saturated heterocycles. The van der Waals surface area contributed by atoms with E-state index in [0.29, 0.717) is 5.92 Å². The molecule has 25 heavy (non-hydrogen) atoms. The van der Waals surface area contributed by atoms with Crippen LogP contribution in [-0.4, -0.2) is 36.5 Å². The first-order valence-electron chi connectivity index (χ1n) is 9.70. The Bertz CT molecular complexity index is 430. The average Bonchev–Trinajstić information content (AvgIpc) is 2.65. The van der Waals surface area contributed by atoms with Crippen molar-refractivity contribution in [2.75, 3.05) is 13.7 Å². The molecule has 5 heteroatoms. The number of allylic oxidation sites excluding steroid dienone is 1. The third kappa shape index (κ3) is 6.39. The third-order valence-corrected chi connectivity index (χ3v) is 5.50. The molecule has 0 radical (unpaired) electrons. The van der Waals surface area contributed by atoms with Gasteiger partial charge in [0.2, 0.25) is 0 Å². The van der Waals surface area contributed by atoms with Crippen molar-refractivity contribution >= 4 is 5.97 Å². The molecule has 0 aromatic heterocycles. The van der Waals surface area contributed by atoms with Crippen molar-refractivity contribution in [1.82, 2.24) is 0 Å². The summed E-state index contributed by atoms with van der Waals surface area (Å²) in [6.07, 6.45) is 7.54. The highest BCUT2D eigenvalue weighted by atomic mass is 17.2. The van der Waals surface area contributed by atoms with E-state index in [0.717, 1.165) is 38.5 Å². The lowest BCUT2D eigenvalue weighted by Gasteiger charge is -2.41. The fourth-order valence-corrected chi connectivity index (χ4v) is 3.48. The highest BCUT2D eigenvalue weighted by molar-refractivity contribution is 5.69. The predicted molar refractivity (Wildman–Crippen MR) is 97.9 cm³/mol. The Kier molecular flexibility index (Phi) is 9.69. The van der Waals surface area contributed by atoms with Gasteiger partial charge in [-0.3, -0.25) is 4.79 Å². The van der Waals surface area contributed by atoms with Gasteiger partial charge >= 0.3 is 5.97 Å². The van der Waals surface area contributed by atoms with E-state index in [1.807, 2.05) is 0 Å². The quantitative estimate of drug-likeness (QED) is 0.361. The second-order valence-electron chi connectivity index (χ2n) is 7.11. The van der Waals surface area contributed by atoms with E-state index in [1.54, 1.807) is 0 Å². The van der Waals surface area contributed by atoms with Crippen LogP contribution in [0.15, 0.2) is 11.6 Å². The SMILES string of the molecule is CC/C(=C\[C@]1(CC)C[C@@H](CC)[C@H](CC(=O)OC)OO1)C[C@@H](CC)CO. The fourth-order valence-electron chi connectivity index (χ4n) is 3.48. The van der Waals surface area contributed by atoms with Gasteiger partial charge in [-0.25, -0.2) is 9.78 Å². The second-order valence-corrected chi connectivity index (χ2v) is 7.11. The molecule has 0 aliphatic carbocycles. The smallest absolute Gasteiger partial charge is 0.308 e. The maximum Gasteiger partial charge on any atom is 0.308 e. The summed E-state index contributed by atoms with van der Waals surface area (Å²) in [4.78, 5) is 23.1. The Hall–Kier alpha value is -0.910. The number of esters is 1. The molecular weight excluding hydrogens is 320 g/mol. The predicted octanol–water partition coefficient (Wildman–Crippen LogP) is 4.19. The van der Waals surface area contributed by atoms with E-state index in [4.69, 9.17) is 14.5 Å². The highest BCUT2D eigenvalue weighted by Gasteiger charge is 2.41. The zero-order valence-corrected chi connectivity index (χ0v) is 16.5. The standard InChI is InChI=1S/C20H36O5/c1-6-15(10-16(7-2)14-21)12-20(9-4)13-17(8-3)18(24-25-20)11-19(22)23-5/h12,16-18,21H,6-11,13-14H2,1-5H3/b15-12+/t16-,17-,18+,20-/m1/s1. The van der Waals surface area contributed by atoms with E-state index in [2.05, 4.69) is 33.8 Å². The van der Waals surface area contributed by atoms with Gasteiger partial charge in [-0.15, -0.1) is 0 Å². The molecular formula is C20H36O5. The van der Waals surface area contributed by atoms with Gasteiger partial charge < -0.3 is 9.84 Å². The topological polar surface area (TPSA) is 65.0 Å². The first-order valence-corrected chi connectivity index (χ1v) is 9.70. The van der Waals surface area contributed by atoms with Crippen molar-refractivity contribution in [3.63, 3.8) is 0 Å². The maximum atomic E-state index is 11.6. The average molecular weight is 357 g/mol. The molecule has 0 aromatic carbocycles. The molecule has 0 bridgehead atoms.